The fourth-order valence-electron chi connectivity index (χ4n) is 12.2. The summed E-state index contributed by atoms with van der Waals surface area (Å²) in [7, 11) is 1.80. The van der Waals surface area contributed by atoms with Crippen molar-refractivity contribution < 1.29 is 44.9 Å². The van der Waals surface area contributed by atoms with E-state index in [1.165, 1.54) is 6.92 Å². The van der Waals surface area contributed by atoms with Gasteiger partial charge in [-0.15, -0.1) is 0 Å². The van der Waals surface area contributed by atoms with Gasteiger partial charge in [0.15, 0.2) is 0 Å². The molecule has 6 aliphatic rings. The third kappa shape index (κ3) is 6.28. The first-order valence-electron chi connectivity index (χ1n) is 18.4. The Kier molecular flexibility index (Phi) is 10.6. The zero-order valence-corrected chi connectivity index (χ0v) is 27.4. The van der Waals surface area contributed by atoms with Crippen LogP contribution in [0.4, 0.5) is 4.39 Å². The van der Waals surface area contributed by atoms with Crippen LogP contribution in [0.2, 0.25) is 0 Å². The Morgan fingerprint density at radius 1 is 0.756 bits per heavy atom. The topological polar surface area (TPSA) is 151 Å². The summed E-state index contributed by atoms with van der Waals surface area (Å²) in [5.74, 6) is -1.06. The number of hydrogen-bond donors (Lipinski definition) is 7. The van der Waals surface area contributed by atoms with Crippen LogP contribution in [-0.4, -0.2) is 97.4 Å². The minimum atomic E-state index is -1.95. The molecule has 45 heavy (non-hydrogen) atoms. The van der Waals surface area contributed by atoms with E-state index in [0.717, 1.165) is 70.6 Å². The molecule has 0 saturated heterocycles. The molecule has 9 heteroatoms. The van der Waals surface area contributed by atoms with Crippen molar-refractivity contribution in [3.8, 4) is 0 Å². The van der Waals surface area contributed by atoms with Gasteiger partial charge in [0, 0.05) is 24.9 Å². The summed E-state index contributed by atoms with van der Waals surface area (Å²) in [5.41, 5.74) is -1.95. The van der Waals surface area contributed by atoms with Crippen molar-refractivity contribution in [2.75, 3.05) is 7.11 Å². The standard InChI is InChI=1S/C36H61FO8/c1-18(38)30-28(40)17-22-15-21-16-26-24(10-11-27(39)32(26)33(41)31(21)35(43)36(22,44)34(30)42)25-14-20(9-12-29(25)45-2)6-3-5-19-7-4-8-23(37)13-19/h18-35,38-44H,3-17H2,1-2H3. The van der Waals surface area contributed by atoms with Gasteiger partial charge in [0.05, 0.1) is 42.7 Å². The van der Waals surface area contributed by atoms with Crippen molar-refractivity contribution in [1.82, 2.24) is 0 Å². The van der Waals surface area contributed by atoms with Crippen LogP contribution >= 0.6 is 0 Å². The maximum absolute atomic E-state index is 13.9. The zero-order valence-electron chi connectivity index (χ0n) is 27.4. The van der Waals surface area contributed by atoms with Crippen LogP contribution in [0.15, 0.2) is 0 Å². The molecular weight excluding hydrogens is 579 g/mol. The Hall–Kier alpha value is -0.390. The summed E-state index contributed by atoms with van der Waals surface area (Å²) in [4.78, 5) is 0. The minimum absolute atomic E-state index is 0.0529. The lowest BCUT2D eigenvalue weighted by Crippen LogP contribution is -2.73. The van der Waals surface area contributed by atoms with E-state index in [4.69, 9.17) is 4.74 Å². The molecule has 0 aromatic carbocycles. The van der Waals surface area contributed by atoms with E-state index in [1.807, 2.05) is 0 Å². The molecule has 0 spiro atoms. The predicted octanol–water partition coefficient (Wildman–Crippen LogP) is 3.35. The van der Waals surface area contributed by atoms with Gasteiger partial charge in [-0.25, -0.2) is 4.39 Å². The summed E-state index contributed by atoms with van der Waals surface area (Å²) in [6.07, 6.45) is 5.72. The highest BCUT2D eigenvalue weighted by Gasteiger charge is 2.67. The Bertz CT molecular complexity index is 985. The molecule has 7 N–H and O–H groups in total. The second-order valence-electron chi connectivity index (χ2n) is 16.6. The van der Waals surface area contributed by atoms with E-state index in [0.29, 0.717) is 37.0 Å². The summed E-state index contributed by atoms with van der Waals surface area (Å²) < 4.78 is 20.0. The first kappa shape index (κ1) is 34.5. The van der Waals surface area contributed by atoms with Gasteiger partial charge < -0.3 is 40.5 Å². The van der Waals surface area contributed by atoms with Crippen LogP contribution in [0, 0.1) is 59.2 Å². The highest BCUT2D eigenvalue weighted by Crippen LogP contribution is 2.60. The Morgan fingerprint density at radius 3 is 2.18 bits per heavy atom. The van der Waals surface area contributed by atoms with Gasteiger partial charge in [-0.05, 0) is 113 Å². The molecule has 19 atom stereocenters. The van der Waals surface area contributed by atoms with Gasteiger partial charge >= 0.3 is 0 Å². The van der Waals surface area contributed by atoms with Gasteiger partial charge in [0.2, 0.25) is 0 Å². The van der Waals surface area contributed by atoms with Crippen LogP contribution in [0.25, 0.3) is 0 Å². The van der Waals surface area contributed by atoms with Crippen LogP contribution in [-0.2, 0) is 4.74 Å². The van der Waals surface area contributed by atoms with E-state index < -0.39 is 72.1 Å². The lowest BCUT2D eigenvalue weighted by atomic mass is 9.47. The number of hydrogen-bond acceptors (Lipinski definition) is 8. The Balaban J connectivity index is 1.18. The number of alkyl halides is 1. The van der Waals surface area contributed by atoms with Crippen molar-refractivity contribution in [3.63, 3.8) is 0 Å². The van der Waals surface area contributed by atoms with E-state index in [2.05, 4.69) is 0 Å². The largest absolute Gasteiger partial charge is 0.393 e. The molecule has 0 aromatic heterocycles. The van der Waals surface area contributed by atoms with E-state index in [-0.39, 0.29) is 30.3 Å². The number of halogens is 1. The molecule has 0 heterocycles. The lowest BCUT2D eigenvalue weighted by Gasteiger charge is -2.63. The summed E-state index contributed by atoms with van der Waals surface area (Å²) in [6, 6.07) is 0. The van der Waals surface area contributed by atoms with Gasteiger partial charge in [-0.3, -0.25) is 0 Å². The molecular formula is C36H61FO8. The molecule has 8 nitrogen and oxygen atoms in total. The molecule has 6 aliphatic carbocycles. The van der Waals surface area contributed by atoms with E-state index in [1.54, 1.807) is 7.11 Å². The van der Waals surface area contributed by atoms with E-state index >= 15 is 0 Å². The summed E-state index contributed by atoms with van der Waals surface area (Å²) >= 11 is 0. The van der Waals surface area contributed by atoms with Crippen LogP contribution in [0.3, 0.4) is 0 Å². The molecule has 260 valence electrons. The van der Waals surface area contributed by atoms with Gasteiger partial charge in [-0.2, -0.15) is 0 Å². The number of aliphatic hydroxyl groups is 7. The second kappa shape index (κ2) is 13.9. The first-order valence-corrected chi connectivity index (χ1v) is 18.4. The summed E-state index contributed by atoms with van der Waals surface area (Å²) in [6.45, 7) is 1.47. The average Bonchev–Trinajstić information content (AvgIpc) is 2.99. The second-order valence-corrected chi connectivity index (χ2v) is 16.6. The van der Waals surface area contributed by atoms with Crippen molar-refractivity contribution in [2.45, 2.75) is 158 Å². The molecule has 0 bridgehead atoms. The molecule has 6 rings (SSSR count). The van der Waals surface area contributed by atoms with Crippen molar-refractivity contribution >= 4 is 0 Å². The van der Waals surface area contributed by atoms with Crippen molar-refractivity contribution in [2.24, 2.45) is 59.2 Å². The third-order valence-corrected chi connectivity index (χ3v) is 14.4. The van der Waals surface area contributed by atoms with Crippen molar-refractivity contribution in [3.05, 3.63) is 0 Å². The number of ether oxygens (including phenoxy) is 1. The minimum Gasteiger partial charge on any atom is -0.393 e. The Labute approximate surface area is 268 Å². The first-order chi connectivity index (χ1) is 21.4. The van der Waals surface area contributed by atoms with Crippen LogP contribution < -0.4 is 0 Å². The Morgan fingerprint density at radius 2 is 1.49 bits per heavy atom. The molecule has 6 fully saturated rings. The molecule has 6 saturated carbocycles. The van der Waals surface area contributed by atoms with Gasteiger partial charge in [0.25, 0.3) is 0 Å². The predicted molar refractivity (Wildman–Crippen MR) is 167 cm³/mol. The number of methoxy groups -OCH3 is 1. The highest BCUT2D eigenvalue weighted by atomic mass is 19.1. The quantitative estimate of drug-likeness (QED) is 0.224. The molecule has 0 radical (unpaired) electrons. The van der Waals surface area contributed by atoms with Gasteiger partial charge in [0.1, 0.15) is 11.8 Å². The fraction of sp³-hybridized carbons (Fsp3) is 1.00. The SMILES string of the molecule is COC1CCC(CCCC2CCCC(F)C2)CC1C1CCC(O)C2C(O)C3C(CC12)CC1CC(O)C(C(C)O)C(O)C1(O)C3O. The smallest absolute Gasteiger partial charge is 0.120 e. The number of rotatable bonds is 7. The van der Waals surface area contributed by atoms with Gasteiger partial charge in [-0.1, -0.05) is 32.1 Å². The fourth-order valence-corrected chi connectivity index (χ4v) is 12.2. The van der Waals surface area contributed by atoms with E-state index in [9.17, 15) is 40.1 Å². The lowest BCUT2D eigenvalue weighted by molar-refractivity contribution is -0.295. The molecule has 19 unspecified atom stereocenters. The highest BCUT2D eigenvalue weighted by molar-refractivity contribution is 5.16. The molecule has 0 aromatic rings. The number of aliphatic hydroxyl groups excluding tert-OH is 6. The van der Waals surface area contributed by atoms with Crippen LogP contribution in [0.5, 0.6) is 0 Å². The zero-order chi connectivity index (χ0) is 32.2. The maximum Gasteiger partial charge on any atom is 0.120 e. The monoisotopic (exact) mass is 640 g/mol. The molecule has 0 amide bonds. The third-order valence-electron chi connectivity index (χ3n) is 14.4. The number of fused-ring (bicyclic) bond motifs is 3. The normalized spacial score (nSPS) is 54.4. The van der Waals surface area contributed by atoms with Crippen LogP contribution in [0.1, 0.15) is 103 Å². The molecule has 0 aliphatic heterocycles. The maximum atomic E-state index is 13.9. The van der Waals surface area contributed by atoms with Crippen molar-refractivity contribution in [1.29, 1.82) is 0 Å². The summed E-state index contributed by atoms with van der Waals surface area (Å²) in [5, 5.41) is 79.2. The average molecular weight is 641 g/mol.